The van der Waals surface area contributed by atoms with E-state index in [1.807, 2.05) is 12.1 Å². The predicted octanol–water partition coefficient (Wildman–Crippen LogP) is 3.46. The molecule has 2 heterocycles. The van der Waals surface area contributed by atoms with Crippen LogP contribution in [-0.4, -0.2) is 56.3 Å². The van der Waals surface area contributed by atoms with E-state index >= 15 is 0 Å². The largest absolute Gasteiger partial charge is 0.494 e. The topological polar surface area (TPSA) is 66.9 Å². The van der Waals surface area contributed by atoms with Crippen molar-refractivity contribution in [1.29, 1.82) is 0 Å². The molecule has 0 radical (unpaired) electrons. The molecule has 0 atom stereocenters. The molecule has 3 rings (SSSR count). The molecule has 0 spiro atoms. The summed E-state index contributed by atoms with van der Waals surface area (Å²) in [4.78, 5) is 14.4. The lowest BCUT2D eigenvalue weighted by Crippen LogP contribution is -2.50. The van der Waals surface area contributed by atoms with Crippen molar-refractivity contribution < 1.29 is 17.9 Å². The van der Waals surface area contributed by atoms with Gasteiger partial charge in [-0.25, -0.2) is 8.42 Å². The normalized spacial score (nSPS) is 15.5. The Kier molecular flexibility index (Phi) is 7.09. The summed E-state index contributed by atoms with van der Waals surface area (Å²) in [6.07, 6.45) is 3.32. The number of nitrogens with zero attached hydrogens (tertiary/aromatic N) is 2. The lowest BCUT2D eigenvalue weighted by atomic mass is 10.2. The zero-order chi connectivity index (χ0) is 20.0. The van der Waals surface area contributed by atoms with Gasteiger partial charge >= 0.3 is 0 Å². The molecule has 1 amide bonds. The Hall–Kier alpha value is -1.90. The molecule has 0 saturated carbocycles. The number of carbonyl (C=O) groups is 1. The molecule has 0 bridgehead atoms. The number of rotatable bonds is 8. The minimum absolute atomic E-state index is 0.0781. The number of sulfonamides is 1. The van der Waals surface area contributed by atoms with Crippen molar-refractivity contribution in [3.05, 3.63) is 47.3 Å². The van der Waals surface area contributed by atoms with Crippen molar-refractivity contribution in [3.63, 3.8) is 0 Å². The van der Waals surface area contributed by atoms with E-state index in [0.717, 1.165) is 25.0 Å². The highest BCUT2D eigenvalue weighted by molar-refractivity contribution is 7.91. The van der Waals surface area contributed by atoms with Gasteiger partial charge in [0.05, 0.1) is 6.61 Å². The van der Waals surface area contributed by atoms with Gasteiger partial charge < -0.3 is 9.64 Å². The van der Waals surface area contributed by atoms with Gasteiger partial charge in [0.15, 0.2) is 0 Å². The molecule has 8 heteroatoms. The molecular formula is C20H26N2O4S2. The van der Waals surface area contributed by atoms with Crippen molar-refractivity contribution >= 4 is 27.3 Å². The minimum Gasteiger partial charge on any atom is -0.494 e. The lowest BCUT2D eigenvalue weighted by molar-refractivity contribution is 0.0698. The number of ether oxygens (including phenoxy) is 1. The molecule has 1 aromatic carbocycles. The van der Waals surface area contributed by atoms with Gasteiger partial charge in [0.25, 0.3) is 15.9 Å². The van der Waals surface area contributed by atoms with Gasteiger partial charge in [-0.05, 0) is 42.1 Å². The number of carbonyl (C=O) groups excluding carboxylic acids is 1. The maximum Gasteiger partial charge on any atom is 0.253 e. The summed E-state index contributed by atoms with van der Waals surface area (Å²) in [5, 5.41) is 1.75. The molecule has 6 nitrogen and oxygen atoms in total. The Morgan fingerprint density at radius 2 is 1.79 bits per heavy atom. The molecule has 28 heavy (non-hydrogen) atoms. The fourth-order valence-electron chi connectivity index (χ4n) is 3.09. The number of piperazine rings is 1. The van der Waals surface area contributed by atoms with Crippen molar-refractivity contribution in [1.82, 2.24) is 9.21 Å². The number of thiophene rings is 1. The smallest absolute Gasteiger partial charge is 0.253 e. The first-order valence-corrected chi connectivity index (χ1v) is 11.9. The Morgan fingerprint density at radius 3 is 2.39 bits per heavy atom. The molecular weight excluding hydrogens is 396 g/mol. The van der Waals surface area contributed by atoms with Gasteiger partial charge in [-0.1, -0.05) is 25.8 Å². The third kappa shape index (κ3) is 4.92. The Morgan fingerprint density at radius 1 is 1.07 bits per heavy atom. The van der Waals surface area contributed by atoms with E-state index in [2.05, 4.69) is 6.92 Å². The molecule has 2 aromatic rings. The molecule has 0 N–H and O–H groups in total. The molecule has 1 aliphatic heterocycles. The first kappa shape index (κ1) is 20.8. The number of amides is 1. The van der Waals surface area contributed by atoms with E-state index in [4.69, 9.17) is 4.74 Å². The fraction of sp³-hybridized carbons (Fsp3) is 0.450. The highest BCUT2D eigenvalue weighted by Crippen LogP contribution is 2.22. The first-order chi connectivity index (χ1) is 13.5. The molecule has 1 aromatic heterocycles. The van der Waals surface area contributed by atoms with Crippen LogP contribution in [0.1, 0.15) is 36.5 Å². The van der Waals surface area contributed by atoms with Crippen LogP contribution in [0.5, 0.6) is 5.75 Å². The Labute approximate surface area is 170 Å². The SMILES string of the molecule is CCCCCOc1ccc(C(=O)N2CCN(S(=O)(=O)c3cccs3)CC2)cc1. The third-order valence-corrected chi connectivity index (χ3v) is 8.00. The van der Waals surface area contributed by atoms with Crippen LogP contribution < -0.4 is 4.74 Å². The number of benzene rings is 1. The van der Waals surface area contributed by atoms with Crippen molar-refractivity contribution in [2.24, 2.45) is 0 Å². The van der Waals surface area contributed by atoms with Crippen molar-refractivity contribution in [2.45, 2.75) is 30.4 Å². The summed E-state index contributed by atoms with van der Waals surface area (Å²) in [6.45, 7) is 4.23. The molecule has 152 valence electrons. The summed E-state index contributed by atoms with van der Waals surface area (Å²) < 4.78 is 32.6. The van der Waals surface area contributed by atoms with Crippen LogP contribution in [0.4, 0.5) is 0 Å². The van der Waals surface area contributed by atoms with Crippen LogP contribution in [0, 0.1) is 0 Å². The zero-order valence-electron chi connectivity index (χ0n) is 16.0. The summed E-state index contributed by atoms with van der Waals surface area (Å²) in [5.74, 6) is 0.685. The van der Waals surface area contributed by atoms with E-state index < -0.39 is 10.0 Å². The maximum atomic E-state index is 12.7. The molecule has 1 fully saturated rings. The van der Waals surface area contributed by atoms with E-state index in [-0.39, 0.29) is 5.91 Å². The maximum absolute atomic E-state index is 12.7. The van der Waals surface area contributed by atoms with Crippen LogP contribution in [0.3, 0.4) is 0 Å². The lowest BCUT2D eigenvalue weighted by Gasteiger charge is -2.33. The fourth-order valence-corrected chi connectivity index (χ4v) is 5.65. The van der Waals surface area contributed by atoms with Gasteiger partial charge in [0.2, 0.25) is 0 Å². The van der Waals surface area contributed by atoms with E-state index in [1.165, 1.54) is 15.6 Å². The number of unbranched alkanes of at least 4 members (excludes halogenated alkanes) is 2. The van der Waals surface area contributed by atoms with Gasteiger partial charge in [-0.3, -0.25) is 4.79 Å². The summed E-state index contributed by atoms with van der Waals surface area (Å²) in [6, 6.07) is 10.5. The summed E-state index contributed by atoms with van der Waals surface area (Å²) >= 11 is 1.21. The average molecular weight is 423 g/mol. The first-order valence-electron chi connectivity index (χ1n) is 9.58. The quantitative estimate of drug-likeness (QED) is 0.611. The molecule has 0 aliphatic carbocycles. The van der Waals surface area contributed by atoms with Gasteiger partial charge in [-0.2, -0.15) is 4.31 Å². The number of hydrogen-bond donors (Lipinski definition) is 0. The average Bonchev–Trinajstić information content (AvgIpc) is 3.27. The minimum atomic E-state index is -3.45. The molecule has 0 unspecified atom stereocenters. The van der Waals surface area contributed by atoms with Crippen LogP contribution >= 0.6 is 11.3 Å². The second-order valence-corrected chi connectivity index (χ2v) is 9.82. The van der Waals surface area contributed by atoms with E-state index in [9.17, 15) is 13.2 Å². The Bertz CT molecular complexity index is 856. The van der Waals surface area contributed by atoms with Crippen LogP contribution in [-0.2, 0) is 10.0 Å². The van der Waals surface area contributed by atoms with Crippen LogP contribution in [0.25, 0.3) is 0 Å². The second-order valence-electron chi connectivity index (χ2n) is 6.71. The highest BCUT2D eigenvalue weighted by Gasteiger charge is 2.30. The van der Waals surface area contributed by atoms with Crippen LogP contribution in [0.2, 0.25) is 0 Å². The Balaban J connectivity index is 1.53. The second kappa shape index (κ2) is 9.54. The summed E-state index contributed by atoms with van der Waals surface area (Å²) in [7, 11) is -3.45. The highest BCUT2D eigenvalue weighted by atomic mass is 32.2. The summed E-state index contributed by atoms with van der Waals surface area (Å²) in [5.41, 5.74) is 0.593. The molecule has 1 aliphatic rings. The van der Waals surface area contributed by atoms with Crippen molar-refractivity contribution in [2.75, 3.05) is 32.8 Å². The van der Waals surface area contributed by atoms with Gasteiger partial charge in [0.1, 0.15) is 9.96 Å². The zero-order valence-corrected chi connectivity index (χ0v) is 17.7. The third-order valence-electron chi connectivity index (χ3n) is 4.73. The van der Waals surface area contributed by atoms with E-state index in [1.54, 1.807) is 34.5 Å². The standard InChI is InChI=1S/C20H26N2O4S2/c1-2-3-4-15-26-18-9-7-17(8-10-18)20(23)21-11-13-22(14-12-21)28(24,25)19-6-5-16-27-19/h5-10,16H,2-4,11-15H2,1H3. The number of hydrogen-bond acceptors (Lipinski definition) is 5. The van der Waals surface area contributed by atoms with Gasteiger partial charge in [0, 0.05) is 31.7 Å². The predicted molar refractivity (Wildman–Crippen MR) is 110 cm³/mol. The monoisotopic (exact) mass is 422 g/mol. The van der Waals surface area contributed by atoms with Gasteiger partial charge in [-0.15, -0.1) is 11.3 Å². The van der Waals surface area contributed by atoms with Crippen molar-refractivity contribution in [3.8, 4) is 5.75 Å². The molecule has 1 saturated heterocycles. The van der Waals surface area contributed by atoms with E-state index in [0.29, 0.717) is 42.6 Å². The van der Waals surface area contributed by atoms with Crippen LogP contribution in [0.15, 0.2) is 46.0 Å².